The quantitative estimate of drug-likeness (QED) is 0.637. The monoisotopic (exact) mass is 387 g/mol. The van der Waals surface area contributed by atoms with Gasteiger partial charge in [-0.05, 0) is 71.9 Å². The summed E-state index contributed by atoms with van der Waals surface area (Å²) >= 11 is 2.20. The first-order valence-electron chi connectivity index (χ1n) is 7.19. The first kappa shape index (κ1) is 15.8. The summed E-state index contributed by atoms with van der Waals surface area (Å²) in [7, 11) is 0. The van der Waals surface area contributed by atoms with Gasteiger partial charge in [0, 0.05) is 9.61 Å². The van der Waals surface area contributed by atoms with Crippen LogP contribution >= 0.6 is 22.6 Å². The van der Waals surface area contributed by atoms with E-state index in [1.165, 1.54) is 0 Å². The normalized spacial score (nSPS) is 26.6. The summed E-state index contributed by atoms with van der Waals surface area (Å²) in [5.41, 5.74) is 6.66. The number of nitrogens with two attached hydrogens (primary N) is 1. The number of esters is 1. The molecule has 0 aromatic heterocycles. The van der Waals surface area contributed by atoms with E-state index in [0.717, 1.165) is 22.8 Å². The van der Waals surface area contributed by atoms with Crippen LogP contribution in [0.15, 0.2) is 24.3 Å². The maximum Gasteiger partial charge on any atom is 0.338 e. The van der Waals surface area contributed by atoms with Gasteiger partial charge in [0.25, 0.3) is 0 Å². The smallest absolute Gasteiger partial charge is 0.338 e. The molecule has 2 rings (SSSR count). The maximum absolute atomic E-state index is 12.3. The predicted octanol–water partition coefficient (Wildman–Crippen LogP) is 3.60. The number of benzene rings is 1. The van der Waals surface area contributed by atoms with Crippen molar-refractivity contribution in [3.05, 3.63) is 33.4 Å². The maximum atomic E-state index is 12.3. The molecule has 20 heavy (non-hydrogen) atoms. The summed E-state index contributed by atoms with van der Waals surface area (Å²) in [6.45, 7) is 4.38. The molecule has 0 amide bonds. The molecule has 0 spiro atoms. The Morgan fingerprint density at radius 3 is 2.80 bits per heavy atom. The van der Waals surface area contributed by atoms with Crippen LogP contribution in [0.3, 0.4) is 0 Å². The van der Waals surface area contributed by atoms with E-state index in [-0.39, 0.29) is 18.1 Å². The molecule has 3 nitrogen and oxygen atoms in total. The molecular formula is C16H22INO2. The summed E-state index contributed by atoms with van der Waals surface area (Å²) in [6, 6.07) is 7.65. The zero-order chi connectivity index (χ0) is 14.7. The molecule has 4 heteroatoms. The Morgan fingerprint density at radius 2 is 2.15 bits per heavy atom. The molecule has 1 aliphatic rings. The van der Waals surface area contributed by atoms with Crippen molar-refractivity contribution >= 4 is 28.6 Å². The predicted molar refractivity (Wildman–Crippen MR) is 88.5 cm³/mol. The molecule has 1 aromatic carbocycles. The number of carbonyl (C=O) groups excluding carboxylic acids is 1. The van der Waals surface area contributed by atoms with Gasteiger partial charge >= 0.3 is 5.97 Å². The van der Waals surface area contributed by atoms with Gasteiger partial charge in [0.05, 0.1) is 5.56 Å². The first-order chi connectivity index (χ1) is 9.47. The van der Waals surface area contributed by atoms with Crippen molar-refractivity contribution in [2.24, 2.45) is 17.6 Å². The van der Waals surface area contributed by atoms with Crippen molar-refractivity contribution in [2.75, 3.05) is 0 Å². The van der Waals surface area contributed by atoms with E-state index in [1.807, 2.05) is 18.2 Å². The van der Waals surface area contributed by atoms with Crippen LogP contribution in [0.2, 0.25) is 0 Å². The van der Waals surface area contributed by atoms with Gasteiger partial charge in [-0.3, -0.25) is 0 Å². The van der Waals surface area contributed by atoms with Crippen molar-refractivity contribution in [1.29, 1.82) is 0 Å². The zero-order valence-electron chi connectivity index (χ0n) is 12.0. The van der Waals surface area contributed by atoms with E-state index >= 15 is 0 Å². The highest BCUT2D eigenvalue weighted by molar-refractivity contribution is 14.1. The summed E-state index contributed by atoms with van der Waals surface area (Å²) < 4.78 is 6.79. The van der Waals surface area contributed by atoms with E-state index in [0.29, 0.717) is 17.4 Å². The van der Waals surface area contributed by atoms with Gasteiger partial charge in [0.1, 0.15) is 6.10 Å². The fraction of sp³-hybridized carbons (Fsp3) is 0.562. The second-order valence-corrected chi connectivity index (χ2v) is 7.18. The first-order valence-corrected chi connectivity index (χ1v) is 8.27. The largest absolute Gasteiger partial charge is 0.458 e. The molecule has 1 aliphatic carbocycles. The van der Waals surface area contributed by atoms with E-state index in [1.54, 1.807) is 6.07 Å². The number of ether oxygens (including phenoxy) is 1. The Labute approximate surface area is 134 Å². The third kappa shape index (κ3) is 3.95. The van der Waals surface area contributed by atoms with E-state index in [9.17, 15) is 4.79 Å². The Balaban J connectivity index is 2.08. The van der Waals surface area contributed by atoms with Gasteiger partial charge in [0.15, 0.2) is 0 Å². The highest BCUT2D eigenvalue weighted by Gasteiger charge is 2.33. The molecule has 0 unspecified atom stereocenters. The van der Waals surface area contributed by atoms with Gasteiger partial charge in [-0.15, -0.1) is 0 Å². The van der Waals surface area contributed by atoms with Crippen molar-refractivity contribution in [1.82, 2.24) is 0 Å². The summed E-state index contributed by atoms with van der Waals surface area (Å²) in [6.07, 6.45) is 2.80. The van der Waals surface area contributed by atoms with Crippen molar-refractivity contribution in [2.45, 2.75) is 45.3 Å². The molecule has 0 bridgehead atoms. The van der Waals surface area contributed by atoms with Crippen LogP contribution in [0.1, 0.15) is 43.5 Å². The third-order valence-electron chi connectivity index (χ3n) is 4.06. The molecule has 2 N–H and O–H groups in total. The summed E-state index contributed by atoms with van der Waals surface area (Å²) in [5, 5.41) is 0. The third-order valence-corrected chi connectivity index (χ3v) is 4.73. The number of halogens is 1. The van der Waals surface area contributed by atoms with E-state index in [4.69, 9.17) is 10.5 Å². The van der Waals surface area contributed by atoms with Gasteiger partial charge < -0.3 is 10.5 Å². The SMILES string of the molecule is CC(C)[C@@H]1CC[C@@H](N)C[C@H]1OC(=O)c1cccc(I)c1. The van der Waals surface area contributed by atoms with Gasteiger partial charge in [-0.1, -0.05) is 19.9 Å². The number of hydrogen-bond acceptors (Lipinski definition) is 3. The lowest BCUT2D eigenvalue weighted by Gasteiger charge is -2.36. The molecule has 1 aromatic rings. The van der Waals surface area contributed by atoms with Crippen LogP contribution < -0.4 is 5.73 Å². The highest BCUT2D eigenvalue weighted by Crippen LogP contribution is 2.32. The molecule has 1 saturated carbocycles. The van der Waals surface area contributed by atoms with E-state index in [2.05, 4.69) is 36.4 Å². The Bertz CT molecular complexity index is 475. The van der Waals surface area contributed by atoms with Crippen LogP contribution in [0.5, 0.6) is 0 Å². The van der Waals surface area contributed by atoms with Gasteiger partial charge in [-0.25, -0.2) is 4.79 Å². The van der Waals surface area contributed by atoms with E-state index < -0.39 is 0 Å². The number of hydrogen-bond donors (Lipinski definition) is 1. The molecule has 0 aliphatic heterocycles. The number of carbonyl (C=O) groups is 1. The highest BCUT2D eigenvalue weighted by atomic mass is 127. The minimum atomic E-state index is -0.228. The summed E-state index contributed by atoms with van der Waals surface area (Å²) in [5.74, 6) is 0.700. The van der Waals surface area contributed by atoms with Crippen molar-refractivity contribution in [3.63, 3.8) is 0 Å². The Kier molecular flexibility index (Phi) is 5.43. The van der Waals surface area contributed by atoms with Crippen LogP contribution in [0, 0.1) is 15.4 Å². The molecule has 0 radical (unpaired) electrons. The minimum absolute atomic E-state index is 0.0517. The molecular weight excluding hydrogens is 365 g/mol. The molecule has 0 saturated heterocycles. The van der Waals surface area contributed by atoms with Crippen molar-refractivity contribution < 1.29 is 9.53 Å². The molecule has 0 heterocycles. The topological polar surface area (TPSA) is 52.3 Å². The number of rotatable bonds is 3. The molecule has 110 valence electrons. The average molecular weight is 387 g/mol. The van der Waals surface area contributed by atoms with Crippen LogP contribution in [0.25, 0.3) is 0 Å². The molecule has 3 atom stereocenters. The van der Waals surface area contributed by atoms with Gasteiger partial charge in [0.2, 0.25) is 0 Å². The van der Waals surface area contributed by atoms with Crippen LogP contribution in [0.4, 0.5) is 0 Å². The fourth-order valence-electron chi connectivity index (χ4n) is 2.90. The second kappa shape index (κ2) is 6.89. The lowest BCUT2D eigenvalue weighted by molar-refractivity contribution is -0.0115. The Morgan fingerprint density at radius 1 is 1.40 bits per heavy atom. The zero-order valence-corrected chi connectivity index (χ0v) is 14.2. The lowest BCUT2D eigenvalue weighted by atomic mass is 9.77. The average Bonchev–Trinajstić information content (AvgIpc) is 2.38. The van der Waals surface area contributed by atoms with Gasteiger partial charge in [-0.2, -0.15) is 0 Å². The summed E-state index contributed by atoms with van der Waals surface area (Å²) in [4.78, 5) is 12.3. The lowest BCUT2D eigenvalue weighted by Crippen LogP contribution is -2.41. The van der Waals surface area contributed by atoms with Crippen molar-refractivity contribution in [3.8, 4) is 0 Å². The van der Waals surface area contributed by atoms with Crippen LogP contribution in [-0.4, -0.2) is 18.1 Å². The second-order valence-electron chi connectivity index (χ2n) is 5.94. The minimum Gasteiger partial charge on any atom is -0.458 e. The standard InChI is InChI=1S/C16H22INO2/c1-10(2)14-7-6-13(18)9-15(14)20-16(19)11-4-3-5-12(17)8-11/h3-5,8,10,13-15H,6-7,9,18H2,1-2H3/t13-,14+,15-/m1/s1. The van der Waals surface area contributed by atoms with Crippen LogP contribution in [-0.2, 0) is 4.74 Å². The fourth-order valence-corrected chi connectivity index (χ4v) is 3.45. The Hall–Kier alpha value is -0.620. The molecule has 1 fully saturated rings.